The molecule has 2 atom stereocenters. The van der Waals surface area contributed by atoms with Gasteiger partial charge in [0.05, 0.1) is 12.2 Å². The highest BCUT2D eigenvalue weighted by atomic mass is 16.5. The molecule has 4 heteroatoms. The molecule has 0 fully saturated rings. The molecule has 0 aliphatic carbocycles. The molecule has 0 spiro atoms. The molecule has 1 rings (SSSR count). The van der Waals surface area contributed by atoms with Gasteiger partial charge in [-0.05, 0) is 19.8 Å². The lowest BCUT2D eigenvalue weighted by molar-refractivity contribution is -0.0371. The molecule has 1 heterocycles. The minimum Gasteiger partial charge on any atom is -0.390 e. The summed E-state index contributed by atoms with van der Waals surface area (Å²) in [5.74, 6) is 1.01. The van der Waals surface area contributed by atoms with Gasteiger partial charge in [0, 0.05) is 32.5 Å². The standard InChI is InChI=1S/C12H22N2O2/c1-4-11(16-5-2)10(15)6-7-12-13-8-9-14(12)3/h8-11,15H,4-7H2,1-3H3. The van der Waals surface area contributed by atoms with Gasteiger partial charge in [0.2, 0.25) is 0 Å². The highest BCUT2D eigenvalue weighted by Crippen LogP contribution is 2.11. The van der Waals surface area contributed by atoms with Gasteiger partial charge in [0.25, 0.3) is 0 Å². The second-order valence-corrected chi connectivity index (χ2v) is 3.96. The Hall–Kier alpha value is -0.870. The van der Waals surface area contributed by atoms with Crippen LogP contribution in [0.5, 0.6) is 0 Å². The Bertz CT molecular complexity index is 299. The topological polar surface area (TPSA) is 47.3 Å². The van der Waals surface area contributed by atoms with E-state index in [4.69, 9.17) is 4.74 Å². The average Bonchev–Trinajstić information content (AvgIpc) is 2.68. The fraction of sp³-hybridized carbons (Fsp3) is 0.750. The first kappa shape index (κ1) is 13.2. The molecule has 16 heavy (non-hydrogen) atoms. The monoisotopic (exact) mass is 226 g/mol. The van der Waals surface area contributed by atoms with Crippen molar-refractivity contribution >= 4 is 0 Å². The Labute approximate surface area is 97.3 Å². The molecule has 0 aliphatic rings. The van der Waals surface area contributed by atoms with Crippen LogP contribution in [-0.4, -0.2) is 33.5 Å². The van der Waals surface area contributed by atoms with E-state index in [9.17, 15) is 5.11 Å². The van der Waals surface area contributed by atoms with E-state index in [-0.39, 0.29) is 6.10 Å². The maximum Gasteiger partial charge on any atom is 0.108 e. The van der Waals surface area contributed by atoms with Crippen LogP contribution in [0.2, 0.25) is 0 Å². The lowest BCUT2D eigenvalue weighted by atomic mass is 10.1. The van der Waals surface area contributed by atoms with Crippen LogP contribution in [-0.2, 0) is 18.2 Å². The fourth-order valence-electron chi connectivity index (χ4n) is 1.82. The molecule has 1 aromatic rings. The van der Waals surface area contributed by atoms with Gasteiger partial charge in [-0.2, -0.15) is 0 Å². The molecule has 4 nitrogen and oxygen atoms in total. The molecule has 0 bridgehead atoms. The van der Waals surface area contributed by atoms with Crippen LogP contribution >= 0.6 is 0 Å². The Morgan fingerprint density at radius 3 is 2.75 bits per heavy atom. The number of aryl methyl sites for hydroxylation is 2. The van der Waals surface area contributed by atoms with Gasteiger partial charge >= 0.3 is 0 Å². The third-order valence-corrected chi connectivity index (χ3v) is 2.80. The second-order valence-electron chi connectivity index (χ2n) is 3.96. The number of aliphatic hydroxyl groups excluding tert-OH is 1. The Balaban J connectivity index is 2.39. The highest BCUT2D eigenvalue weighted by Gasteiger charge is 2.17. The fourth-order valence-corrected chi connectivity index (χ4v) is 1.82. The summed E-state index contributed by atoms with van der Waals surface area (Å²) in [6.45, 7) is 4.64. The van der Waals surface area contributed by atoms with Crippen molar-refractivity contribution < 1.29 is 9.84 Å². The van der Waals surface area contributed by atoms with Crippen molar-refractivity contribution in [3.05, 3.63) is 18.2 Å². The smallest absolute Gasteiger partial charge is 0.108 e. The van der Waals surface area contributed by atoms with E-state index in [2.05, 4.69) is 4.98 Å². The summed E-state index contributed by atoms with van der Waals surface area (Å²) in [5.41, 5.74) is 0. The normalized spacial score (nSPS) is 15.0. The van der Waals surface area contributed by atoms with Crippen molar-refractivity contribution in [3.63, 3.8) is 0 Å². The summed E-state index contributed by atoms with van der Waals surface area (Å²) in [6.07, 6.45) is 5.57. The van der Waals surface area contributed by atoms with Gasteiger partial charge in [-0.1, -0.05) is 6.92 Å². The van der Waals surface area contributed by atoms with Gasteiger partial charge in [-0.25, -0.2) is 4.98 Å². The van der Waals surface area contributed by atoms with Crippen molar-refractivity contribution in [2.45, 2.75) is 45.3 Å². The number of nitrogens with zero attached hydrogens (tertiary/aromatic N) is 2. The molecule has 1 aromatic heterocycles. The zero-order valence-electron chi connectivity index (χ0n) is 10.4. The van der Waals surface area contributed by atoms with Crippen molar-refractivity contribution in [2.24, 2.45) is 7.05 Å². The molecule has 92 valence electrons. The molecule has 0 aliphatic heterocycles. The van der Waals surface area contributed by atoms with Crippen LogP contribution in [0.1, 0.15) is 32.5 Å². The van der Waals surface area contributed by atoms with Gasteiger partial charge in [-0.3, -0.25) is 0 Å². The van der Waals surface area contributed by atoms with Crippen molar-refractivity contribution in [3.8, 4) is 0 Å². The second kappa shape index (κ2) is 6.66. The van der Waals surface area contributed by atoms with Gasteiger partial charge in [0.15, 0.2) is 0 Å². The third kappa shape index (κ3) is 3.61. The van der Waals surface area contributed by atoms with Gasteiger partial charge in [-0.15, -0.1) is 0 Å². The van der Waals surface area contributed by atoms with E-state index < -0.39 is 6.10 Å². The molecule has 0 aromatic carbocycles. The third-order valence-electron chi connectivity index (χ3n) is 2.80. The number of aromatic nitrogens is 2. The van der Waals surface area contributed by atoms with Gasteiger partial charge in [0.1, 0.15) is 5.82 Å². The van der Waals surface area contributed by atoms with Crippen LogP contribution in [0.15, 0.2) is 12.4 Å². The molecular weight excluding hydrogens is 204 g/mol. The molecule has 0 saturated heterocycles. The first-order valence-electron chi connectivity index (χ1n) is 5.94. The van der Waals surface area contributed by atoms with Crippen molar-refractivity contribution in [1.29, 1.82) is 0 Å². The lowest BCUT2D eigenvalue weighted by Gasteiger charge is -2.21. The average molecular weight is 226 g/mol. The maximum atomic E-state index is 9.97. The number of hydrogen-bond donors (Lipinski definition) is 1. The maximum absolute atomic E-state index is 9.97. The van der Waals surface area contributed by atoms with Crippen LogP contribution in [0, 0.1) is 0 Å². The number of aliphatic hydroxyl groups is 1. The van der Waals surface area contributed by atoms with E-state index in [0.717, 1.165) is 18.7 Å². The minimum absolute atomic E-state index is 0.0507. The van der Waals surface area contributed by atoms with Crippen LogP contribution in [0.4, 0.5) is 0 Å². The summed E-state index contributed by atoms with van der Waals surface area (Å²) >= 11 is 0. The number of ether oxygens (including phenoxy) is 1. The van der Waals surface area contributed by atoms with Crippen LogP contribution in [0.3, 0.4) is 0 Å². The summed E-state index contributed by atoms with van der Waals surface area (Å²) in [5, 5.41) is 9.97. The van der Waals surface area contributed by atoms with E-state index >= 15 is 0 Å². The lowest BCUT2D eigenvalue weighted by Crippen LogP contribution is -2.29. The van der Waals surface area contributed by atoms with E-state index in [0.29, 0.717) is 13.0 Å². The molecule has 0 amide bonds. The SMILES string of the molecule is CCOC(CC)C(O)CCc1nccn1C. The number of hydrogen-bond acceptors (Lipinski definition) is 3. The predicted molar refractivity (Wildman–Crippen MR) is 63.2 cm³/mol. The number of imidazole rings is 1. The summed E-state index contributed by atoms with van der Waals surface area (Å²) in [7, 11) is 1.97. The quantitative estimate of drug-likeness (QED) is 0.767. The zero-order chi connectivity index (χ0) is 12.0. The Morgan fingerprint density at radius 1 is 1.50 bits per heavy atom. The van der Waals surface area contributed by atoms with Crippen LogP contribution < -0.4 is 0 Å². The van der Waals surface area contributed by atoms with Gasteiger partial charge < -0.3 is 14.4 Å². The molecule has 1 N–H and O–H groups in total. The summed E-state index contributed by atoms with van der Waals surface area (Å²) < 4.78 is 7.46. The predicted octanol–water partition coefficient (Wildman–Crippen LogP) is 1.53. The van der Waals surface area contributed by atoms with Crippen molar-refractivity contribution in [1.82, 2.24) is 9.55 Å². The Kier molecular flexibility index (Phi) is 5.49. The zero-order valence-corrected chi connectivity index (χ0v) is 10.4. The summed E-state index contributed by atoms with van der Waals surface area (Å²) in [6, 6.07) is 0. The van der Waals surface area contributed by atoms with E-state index in [1.54, 1.807) is 6.20 Å². The van der Waals surface area contributed by atoms with E-state index in [1.165, 1.54) is 0 Å². The molecule has 0 radical (unpaired) electrons. The largest absolute Gasteiger partial charge is 0.390 e. The van der Waals surface area contributed by atoms with Crippen LogP contribution in [0.25, 0.3) is 0 Å². The summed E-state index contributed by atoms with van der Waals surface area (Å²) in [4.78, 5) is 4.23. The first-order valence-corrected chi connectivity index (χ1v) is 5.94. The minimum atomic E-state index is -0.401. The van der Waals surface area contributed by atoms with Crippen molar-refractivity contribution in [2.75, 3.05) is 6.61 Å². The number of rotatable bonds is 7. The van der Waals surface area contributed by atoms with E-state index in [1.807, 2.05) is 31.7 Å². The Morgan fingerprint density at radius 2 is 2.25 bits per heavy atom. The molecule has 2 unspecified atom stereocenters. The highest BCUT2D eigenvalue weighted by molar-refractivity contribution is 4.91. The molecule has 0 saturated carbocycles. The first-order chi connectivity index (χ1) is 7.69. The molecular formula is C12H22N2O2.